The second kappa shape index (κ2) is 6.37. The zero-order valence-electron chi connectivity index (χ0n) is 12.4. The maximum Gasteiger partial charge on any atom is 0.103 e. The average Bonchev–Trinajstić information content (AvgIpc) is 2.78. The summed E-state index contributed by atoms with van der Waals surface area (Å²) >= 11 is 6.30. The van der Waals surface area contributed by atoms with E-state index >= 15 is 0 Å². The number of aromatic nitrogens is 3. The molecule has 0 aliphatic rings. The third-order valence-corrected chi connectivity index (χ3v) is 3.75. The molecule has 0 bridgehead atoms. The second-order valence-electron chi connectivity index (χ2n) is 5.05. The van der Waals surface area contributed by atoms with Crippen LogP contribution in [0.5, 0.6) is 0 Å². The number of nitrogens with one attached hydrogen (secondary N) is 1. The van der Waals surface area contributed by atoms with Gasteiger partial charge in [0.2, 0.25) is 0 Å². The maximum atomic E-state index is 6.30. The Bertz CT molecular complexity index is 571. The molecular formula is C15H21ClN4. The summed E-state index contributed by atoms with van der Waals surface area (Å²) in [6.07, 6.45) is 1.10. The highest BCUT2D eigenvalue weighted by atomic mass is 35.5. The third kappa shape index (κ3) is 2.86. The Hall–Kier alpha value is -1.39. The van der Waals surface area contributed by atoms with Crippen LogP contribution in [0.2, 0.25) is 5.02 Å². The Balaban J connectivity index is 2.38. The molecule has 108 valence electrons. The highest BCUT2D eigenvalue weighted by molar-refractivity contribution is 6.32. The van der Waals surface area contributed by atoms with E-state index in [4.69, 9.17) is 11.6 Å². The summed E-state index contributed by atoms with van der Waals surface area (Å²) in [5.74, 6) is 0. The Morgan fingerprint density at radius 3 is 2.75 bits per heavy atom. The van der Waals surface area contributed by atoms with Crippen molar-refractivity contribution >= 4 is 11.6 Å². The first kappa shape index (κ1) is 15.0. The van der Waals surface area contributed by atoms with Crippen molar-refractivity contribution in [2.45, 2.75) is 40.2 Å². The highest BCUT2D eigenvalue weighted by Gasteiger charge is 2.18. The van der Waals surface area contributed by atoms with Crippen molar-refractivity contribution in [2.75, 3.05) is 6.54 Å². The molecule has 0 amide bonds. The van der Waals surface area contributed by atoms with Crippen LogP contribution in [0.1, 0.15) is 43.3 Å². The predicted octanol–water partition coefficient (Wildman–Crippen LogP) is 3.60. The number of halogens is 1. The van der Waals surface area contributed by atoms with Crippen LogP contribution in [0, 0.1) is 13.8 Å². The molecule has 1 aromatic heterocycles. The van der Waals surface area contributed by atoms with Gasteiger partial charge in [-0.1, -0.05) is 35.9 Å². The summed E-state index contributed by atoms with van der Waals surface area (Å²) in [4.78, 5) is 0. The van der Waals surface area contributed by atoms with Crippen LogP contribution >= 0.6 is 11.6 Å². The van der Waals surface area contributed by atoms with Crippen molar-refractivity contribution in [3.63, 3.8) is 0 Å². The molecule has 0 fully saturated rings. The molecule has 1 atom stereocenters. The van der Waals surface area contributed by atoms with Crippen LogP contribution in [0.25, 0.3) is 5.69 Å². The zero-order valence-corrected chi connectivity index (χ0v) is 13.2. The molecule has 1 unspecified atom stereocenters. The minimum Gasteiger partial charge on any atom is -0.309 e. The predicted molar refractivity (Wildman–Crippen MR) is 82.6 cm³/mol. The monoisotopic (exact) mass is 292 g/mol. The van der Waals surface area contributed by atoms with Crippen molar-refractivity contribution in [1.29, 1.82) is 0 Å². The number of hydrogen-bond donors (Lipinski definition) is 1. The first-order chi connectivity index (χ1) is 9.56. The molecule has 0 radical (unpaired) electrons. The summed E-state index contributed by atoms with van der Waals surface area (Å²) in [6.45, 7) is 9.29. The molecule has 0 aliphatic heterocycles. The van der Waals surface area contributed by atoms with Gasteiger partial charge in [-0.05, 0) is 45.4 Å². The summed E-state index contributed by atoms with van der Waals surface area (Å²) < 4.78 is 1.83. The van der Waals surface area contributed by atoms with Crippen LogP contribution in [-0.2, 0) is 0 Å². The number of hydrogen-bond acceptors (Lipinski definition) is 3. The van der Waals surface area contributed by atoms with E-state index in [1.54, 1.807) is 0 Å². The molecule has 2 aromatic rings. The fourth-order valence-electron chi connectivity index (χ4n) is 2.30. The molecular weight excluding hydrogens is 272 g/mol. The molecule has 4 nitrogen and oxygen atoms in total. The minimum absolute atomic E-state index is 0.187. The highest BCUT2D eigenvalue weighted by Crippen LogP contribution is 2.26. The Kier molecular flexibility index (Phi) is 4.78. The van der Waals surface area contributed by atoms with Gasteiger partial charge in [-0.2, -0.15) is 0 Å². The zero-order chi connectivity index (χ0) is 14.7. The average molecular weight is 293 g/mol. The van der Waals surface area contributed by atoms with E-state index in [0.29, 0.717) is 5.02 Å². The van der Waals surface area contributed by atoms with E-state index in [9.17, 15) is 0 Å². The van der Waals surface area contributed by atoms with E-state index in [1.165, 1.54) is 0 Å². The van der Waals surface area contributed by atoms with Gasteiger partial charge >= 0.3 is 0 Å². The van der Waals surface area contributed by atoms with Gasteiger partial charge < -0.3 is 5.32 Å². The summed E-state index contributed by atoms with van der Waals surface area (Å²) in [5.41, 5.74) is 3.99. The van der Waals surface area contributed by atoms with Gasteiger partial charge in [0.25, 0.3) is 0 Å². The molecule has 0 saturated heterocycles. The lowest BCUT2D eigenvalue weighted by molar-refractivity contribution is 0.555. The minimum atomic E-state index is 0.187. The number of para-hydroxylation sites is 1. The number of nitrogens with zero attached hydrogens (tertiary/aromatic N) is 3. The Morgan fingerprint density at radius 1 is 1.35 bits per heavy atom. The van der Waals surface area contributed by atoms with Crippen LogP contribution in [0.4, 0.5) is 0 Å². The molecule has 5 heteroatoms. The smallest absolute Gasteiger partial charge is 0.103 e. The van der Waals surface area contributed by atoms with Crippen molar-refractivity contribution in [1.82, 2.24) is 20.3 Å². The van der Waals surface area contributed by atoms with Gasteiger partial charge in [0.15, 0.2) is 0 Å². The first-order valence-corrected chi connectivity index (χ1v) is 7.35. The quantitative estimate of drug-likeness (QED) is 0.915. The van der Waals surface area contributed by atoms with Crippen molar-refractivity contribution in [3.8, 4) is 5.69 Å². The van der Waals surface area contributed by atoms with Crippen LogP contribution < -0.4 is 5.32 Å². The normalized spacial score (nSPS) is 12.7. The van der Waals surface area contributed by atoms with Crippen LogP contribution in [-0.4, -0.2) is 21.5 Å². The third-order valence-electron chi connectivity index (χ3n) is 3.44. The van der Waals surface area contributed by atoms with Crippen LogP contribution in [0.3, 0.4) is 0 Å². The molecule has 1 heterocycles. The van der Waals surface area contributed by atoms with Gasteiger partial charge in [0.1, 0.15) is 5.69 Å². The van der Waals surface area contributed by atoms with Crippen molar-refractivity contribution in [3.05, 3.63) is 40.2 Å². The van der Waals surface area contributed by atoms with E-state index in [1.807, 2.05) is 36.7 Å². The Morgan fingerprint density at radius 2 is 2.10 bits per heavy atom. The van der Waals surface area contributed by atoms with Gasteiger partial charge in [-0.15, -0.1) is 5.10 Å². The molecule has 2 rings (SSSR count). The molecule has 1 aromatic carbocycles. The van der Waals surface area contributed by atoms with Gasteiger partial charge in [0.05, 0.1) is 22.4 Å². The standard InChI is InChI=1S/C15H21ClN4/c1-5-9-17-11(3)14-12(4)20(19-18-14)15-10(2)7-6-8-13(15)16/h6-8,11,17H,5,9H2,1-4H3. The lowest BCUT2D eigenvalue weighted by atomic mass is 10.1. The molecule has 1 N–H and O–H groups in total. The van der Waals surface area contributed by atoms with Gasteiger partial charge in [0, 0.05) is 0 Å². The number of benzene rings is 1. The lowest BCUT2D eigenvalue weighted by Gasteiger charge is -2.13. The van der Waals surface area contributed by atoms with Crippen molar-refractivity contribution in [2.24, 2.45) is 0 Å². The van der Waals surface area contributed by atoms with Crippen molar-refractivity contribution < 1.29 is 0 Å². The summed E-state index contributed by atoms with van der Waals surface area (Å²) in [7, 11) is 0. The van der Waals surface area contributed by atoms with E-state index in [-0.39, 0.29) is 6.04 Å². The Labute approximate surface area is 125 Å². The summed E-state index contributed by atoms with van der Waals surface area (Å²) in [6, 6.07) is 6.04. The van der Waals surface area contributed by atoms with Gasteiger partial charge in [-0.25, -0.2) is 4.68 Å². The van der Waals surface area contributed by atoms with E-state index in [2.05, 4.69) is 29.5 Å². The number of aryl methyl sites for hydroxylation is 1. The topological polar surface area (TPSA) is 42.7 Å². The maximum absolute atomic E-state index is 6.30. The fourth-order valence-corrected chi connectivity index (χ4v) is 2.60. The second-order valence-corrected chi connectivity index (χ2v) is 5.46. The molecule has 0 saturated carbocycles. The van der Waals surface area contributed by atoms with E-state index < -0.39 is 0 Å². The largest absolute Gasteiger partial charge is 0.309 e. The SMILES string of the molecule is CCCNC(C)c1nnn(-c2c(C)cccc2Cl)c1C. The molecule has 0 spiro atoms. The van der Waals surface area contributed by atoms with Crippen LogP contribution in [0.15, 0.2) is 18.2 Å². The first-order valence-electron chi connectivity index (χ1n) is 6.97. The van der Waals surface area contributed by atoms with E-state index in [0.717, 1.165) is 35.6 Å². The summed E-state index contributed by atoms with van der Waals surface area (Å²) in [5, 5.41) is 12.7. The lowest BCUT2D eigenvalue weighted by Crippen LogP contribution is -2.20. The molecule has 20 heavy (non-hydrogen) atoms. The molecule has 0 aliphatic carbocycles. The fraction of sp³-hybridized carbons (Fsp3) is 0.467. The number of rotatable bonds is 5. The van der Waals surface area contributed by atoms with Gasteiger partial charge in [-0.3, -0.25) is 0 Å².